The lowest BCUT2D eigenvalue weighted by Gasteiger charge is -2.35. The zero-order chi connectivity index (χ0) is 13.3. The highest BCUT2D eigenvalue weighted by molar-refractivity contribution is 5.65. The molecule has 2 heterocycles. The van der Waals surface area contributed by atoms with E-state index >= 15 is 0 Å². The summed E-state index contributed by atoms with van der Waals surface area (Å²) in [7, 11) is 0. The maximum atomic E-state index is 10.9. The fraction of sp³-hybridized carbons (Fsp3) is 0.583. The van der Waals surface area contributed by atoms with Crippen molar-refractivity contribution in [3.63, 3.8) is 0 Å². The summed E-state index contributed by atoms with van der Waals surface area (Å²) < 4.78 is 0. The summed E-state index contributed by atoms with van der Waals surface area (Å²) >= 11 is 0. The molecular weight excluding hydrogens is 232 g/mol. The van der Waals surface area contributed by atoms with E-state index in [1.165, 1.54) is 4.90 Å². The molecule has 2 atom stereocenters. The van der Waals surface area contributed by atoms with E-state index in [-0.39, 0.29) is 11.8 Å². The molecule has 0 aromatic carbocycles. The normalized spacial score (nSPS) is 24.0. The third kappa shape index (κ3) is 2.37. The van der Waals surface area contributed by atoms with Gasteiger partial charge < -0.3 is 15.7 Å². The standard InChI is InChI=1S/C12H18N4O2/c1-7-5-10(13)14-15-11(7)9-3-4-16(12(17)18)6-8(9)2/h5,8-9H,3-4,6H2,1-2H3,(H2,13,14)(H,17,18)/t8-,9-/m1/s1. The van der Waals surface area contributed by atoms with Crippen molar-refractivity contribution in [3.8, 4) is 0 Å². The minimum absolute atomic E-state index is 0.242. The van der Waals surface area contributed by atoms with Gasteiger partial charge in [-0.25, -0.2) is 4.79 Å². The van der Waals surface area contributed by atoms with Gasteiger partial charge >= 0.3 is 6.09 Å². The van der Waals surface area contributed by atoms with E-state index in [1.807, 2.05) is 13.0 Å². The molecule has 0 bridgehead atoms. The van der Waals surface area contributed by atoms with Crippen molar-refractivity contribution >= 4 is 11.9 Å². The van der Waals surface area contributed by atoms with E-state index in [4.69, 9.17) is 10.8 Å². The van der Waals surface area contributed by atoms with Gasteiger partial charge in [0.1, 0.15) is 5.82 Å². The van der Waals surface area contributed by atoms with Crippen LogP contribution >= 0.6 is 0 Å². The highest BCUT2D eigenvalue weighted by Gasteiger charge is 2.31. The molecule has 1 aromatic heterocycles. The van der Waals surface area contributed by atoms with Gasteiger partial charge in [0.05, 0.1) is 5.69 Å². The van der Waals surface area contributed by atoms with Gasteiger partial charge in [0.15, 0.2) is 0 Å². The number of aromatic nitrogens is 2. The second kappa shape index (κ2) is 4.80. The Morgan fingerprint density at radius 2 is 2.28 bits per heavy atom. The topological polar surface area (TPSA) is 92.3 Å². The summed E-state index contributed by atoms with van der Waals surface area (Å²) in [6.07, 6.45) is -0.0622. The number of carboxylic acid groups (broad SMARTS) is 1. The Labute approximate surface area is 106 Å². The molecule has 0 saturated carbocycles. The summed E-state index contributed by atoms with van der Waals surface area (Å²) in [5, 5.41) is 17.1. The van der Waals surface area contributed by atoms with E-state index in [1.54, 1.807) is 0 Å². The first-order valence-electron chi connectivity index (χ1n) is 6.06. The number of rotatable bonds is 1. The Kier molecular flexibility index (Phi) is 3.36. The van der Waals surface area contributed by atoms with Gasteiger partial charge in [-0.3, -0.25) is 0 Å². The zero-order valence-corrected chi connectivity index (χ0v) is 10.6. The highest BCUT2D eigenvalue weighted by Crippen LogP contribution is 2.33. The van der Waals surface area contributed by atoms with Crippen LogP contribution in [-0.4, -0.2) is 39.4 Å². The maximum absolute atomic E-state index is 10.9. The molecule has 1 fully saturated rings. The lowest BCUT2D eigenvalue weighted by molar-refractivity contribution is 0.115. The van der Waals surface area contributed by atoms with E-state index in [0.717, 1.165) is 17.7 Å². The summed E-state index contributed by atoms with van der Waals surface area (Å²) in [5.74, 6) is 0.923. The van der Waals surface area contributed by atoms with Crippen molar-refractivity contribution < 1.29 is 9.90 Å². The molecule has 2 rings (SSSR count). The summed E-state index contributed by atoms with van der Waals surface area (Å²) in [4.78, 5) is 12.4. The molecule has 6 heteroatoms. The van der Waals surface area contributed by atoms with E-state index in [0.29, 0.717) is 18.9 Å². The number of nitrogens with zero attached hydrogens (tertiary/aromatic N) is 3. The Hall–Kier alpha value is -1.85. The molecule has 1 amide bonds. The molecule has 1 saturated heterocycles. The minimum Gasteiger partial charge on any atom is -0.465 e. The van der Waals surface area contributed by atoms with Crippen LogP contribution in [0.4, 0.5) is 10.6 Å². The van der Waals surface area contributed by atoms with Gasteiger partial charge in [0.25, 0.3) is 0 Å². The third-order valence-corrected chi connectivity index (χ3v) is 3.57. The molecule has 98 valence electrons. The number of hydrogen-bond donors (Lipinski definition) is 2. The third-order valence-electron chi connectivity index (χ3n) is 3.57. The van der Waals surface area contributed by atoms with Crippen LogP contribution < -0.4 is 5.73 Å². The van der Waals surface area contributed by atoms with Crippen molar-refractivity contribution in [3.05, 3.63) is 17.3 Å². The predicted molar refractivity (Wildman–Crippen MR) is 67.3 cm³/mol. The number of aryl methyl sites for hydroxylation is 1. The van der Waals surface area contributed by atoms with Gasteiger partial charge in [-0.2, -0.15) is 5.10 Å². The van der Waals surface area contributed by atoms with Gasteiger partial charge in [-0.1, -0.05) is 6.92 Å². The smallest absolute Gasteiger partial charge is 0.407 e. The molecular formula is C12H18N4O2. The van der Waals surface area contributed by atoms with Crippen LogP contribution in [0.2, 0.25) is 0 Å². The first kappa shape index (κ1) is 12.6. The average molecular weight is 250 g/mol. The Morgan fingerprint density at radius 1 is 1.56 bits per heavy atom. The van der Waals surface area contributed by atoms with E-state index in [9.17, 15) is 4.79 Å². The Morgan fingerprint density at radius 3 is 2.83 bits per heavy atom. The summed E-state index contributed by atoms with van der Waals surface area (Å²) in [5.41, 5.74) is 7.57. The van der Waals surface area contributed by atoms with Crippen molar-refractivity contribution in [1.82, 2.24) is 15.1 Å². The van der Waals surface area contributed by atoms with Crippen molar-refractivity contribution in [2.24, 2.45) is 5.92 Å². The fourth-order valence-corrected chi connectivity index (χ4v) is 2.61. The van der Waals surface area contributed by atoms with Crippen LogP contribution in [0, 0.1) is 12.8 Å². The van der Waals surface area contributed by atoms with Crippen LogP contribution in [0.1, 0.15) is 30.5 Å². The number of amides is 1. The van der Waals surface area contributed by atoms with Crippen LogP contribution in [-0.2, 0) is 0 Å². The summed E-state index contributed by atoms with van der Waals surface area (Å²) in [6.45, 7) is 5.12. The molecule has 0 unspecified atom stereocenters. The van der Waals surface area contributed by atoms with Gasteiger partial charge in [-0.05, 0) is 30.9 Å². The summed E-state index contributed by atoms with van der Waals surface area (Å²) in [6, 6.07) is 1.82. The molecule has 18 heavy (non-hydrogen) atoms. The highest BCUT2D eigenvalue weighted by atomic mass is 16.4. The predicted octanol–water partition coefficient (Wildman–Crippen LogP) is 1.47. The number of anilines is 1. The second-order valence-corrected chi connectivity index (χ2v) is 4.94. The fourth-order valence-electron chi connectivity index (χ4n) is 2.61. The largest absolute Gasteiger partial charge is 0.465 e. The maximum Gasteiger partial charge on any atom is 0.407 e. The van der Waals surface area contributed by atoms with E-state index in [2.05, 4.69) is 17.1 Å². The molecule has 0 radical (unpaired) electrons. The van der Waals surface area contributed by atoms with Gasteiger partial charge in [-0.15, -0.1) is 5.10 Å². The molecule has 6 nitrogen and oxygen atoms in total. The lowest BCUT2D eigenvalue weighted by Crippen LogP contribution is -2.41. The number of hydrogen-bond acceptors (Lipinski definition) is 4. The Bertz CT molecular complexity index is 463. The minimum atomic E-state index is -0.847. The molecule has 0 spiro atoms. The van der Waals surface area contributed by atoms with Crippen molar-refractivity contribution in [1.29, 1.82) is 0 Å². The number of piperidine rings is 1. The molecule has 1 aliphatic heterocycles. The van der Waals surface area contributed by atoms with Crippen LogP contribution in [0.25, 0.3) is 0 Å². The monoisotopic (exact) mass is 250 g/mol. The van der Waals surface area contributed by atoms with Crippen LogP contribution in [0.3, 0.4) is 0 Å². The van der Waals surface area contributed by atoms with Gasteiger partial charge in [0.2, 0.25) is 0 Å². The van der Waals surface area contributed by atoms with Gasteiger partial charge in [0, 0.05) is 19.0 Å². The van der Waals surface area contributed by atoms with Crippen molar-refractivity contribution in [2.75, 3.05) is 18.8 Å². The molecule has 0 aliphatic carbocycles. The number of carbonyl (C=O) groups is 1. The molecule has 3 N–H and O–H groups in total. The van der Waals surface area contributed by atoms with E-state index < -0.39 is 6.09 Å². The van der Waals surface area contributed by atoms with Crippen LogP contribution in [0.15, 0.2) is 6.07 Å². The Balaban J connectivity index is 2.17. The van der Waals surface area contributed by atoms with Crippen molar-refractivity contribution in [2.45, 2.75) is 26.2 Å². The van der Waals surface area contributed by atoms with Crippen LogP contribution in [0.5, 0.6) is 0 Å². The molecule has 1 aliphatic rings. The first-order chi connectivity index (χ1) is 8.49. The lowest BCUT2D eigenvalue weighted by atomic mass is 9.83. The second-order valence-electron chi connectivity index (χ2n) is 4.94. The SMILES string of the molecule is Cc1cc(N)nnc1[C@@H]1CCN(C(=O)O)C[C@H]1C. The average Bonchev–Trinajstić information content (AvgIpc) is 2.30. The zero-order valence-electron chi connectivity index (χ0n) is 10.6. The number of nitrogens with two attached hydrogens (primary N) is 1. The number of likely N-dealkylation sites (tertiary alicyclic amines) is 1. The first-order valence-corrected chi connectivity index (χ1v) is 6.06. The molecule has 1 aromatic rings. The quantitative estimate of drug-likeness (QED) is 0.787. The number of nitrogen functional groups attached to an aromatic ring is 1.